The Balaban J connectivity index is 1.68. The van der Waals surface area contributed by atoms with Crippen molar-refractivity contribution < 1.29 is 28.2 Å². The summed E-state index contributed by atoms with van der Waals surface area (Å²) in [5.74, 6) is -1.17. The van der Waals surface area contributed by atoms with Gasteiger partial charge < -0.3 is 9.47 Å². The molecule has 1 heterocycles. The first-order valence-corrected chi connectivity index (χ1v) is 11.1. The molecular formula is C25H20FNO5S. The molecule has 4 rings (SSSR count). The Morgan fingerprint density at radius 2 is 1.82 bits per heavy atom. The van der Waals surface area contributed by atoms with Crippen molar-refractivity contribution in [2.24, 2.45) is 0 Å². The van der Waals surface area contributed by atoms with E-state index in [0.29, 0.717) is 16.9 Å². The molecule has 0 bridgehead atoms. The van der Waals surface area contributed by atoms with Gasteiger partial charge in [-0.15, -0.1) is 0 Å². The van der Waals surface area contributed by atoms with E-state index in [4.69, 9.17) is 9.47 Å². The SMILES string of the molecule is CCOC(=O)CN1C(=O)S/C(=C\c2c(OCc3ccccc3F)ccc3ccccc23)C1=O. The standard InChI is InChI=1S/C25H20FNO5S/c1-2-31-23(28)14-27-24(29)22(33-25(27)30)13-19-18-9-5-3-7-16(18)11-12-21(19)32-15-17-8-4-6-10-20(17)26/h3-13H,2,14-15H2,1H3/b22-13-. The fourth-order valence-electron chi connectivity index (χ4n) is 3.42. The third-order valence-corrected chi connectivity index (χ3v) is 5.92. The Labute approximate surface area is 194 Å². The zero-order valence-electron chi connectivity index (χ0n) is 17.7. The van der Waals surface area contributed by atoms with Crippen LogP contribution in [0.15, 0.2) is 65.6 Å². The van der Waals surface area contributed by atoms with Gasteiger partial charge in [0, 0.05) is 11.1 Å². The van der Waals surface area contributed by atoms with Crippen molar-refractivity contribution in [2.75, 3.05) is 13.2 Å². The fourth-order valence-corrected chi connectivity index (χ4v) is 4.24. The van der Waals surface area contributed by atoms with E-state index in [1.54, 1.807) is 37.3 Å². The molecule has 0 unspecified atom stereocenters. The topological polar surface area (TPSA) is 72.9 Å². The molecule has 0 radical (unpaired) electrons. The molecule has 1 aliphatic heterocycles. The van der Waals surface area contributed by atoms with Crippen LogP contribution in [-0.2, 0) is 20.9 Å². The largest absolute Gasteiger partial charge is 0.488 e. The number of benzene rings is 3. The first-order valence-electron chi connectivity index (χ1n) is 10.3. The van der Waals surface area contributed by atoms with Crippen molar-refractivity contribution in [2.45, 2.75) is 13.5 Å². The van der Waals surface area contributed by atoms with Crippen LogP contribution in [-0.4, -0.2) is 35.2 Å². The third kappa shape index (κ3) is 4.90. The minimum absolute atomic E-state index is 0.00378. The van der Waals surface area contributed by atoms with Crippen molar-refractivity contribution in [1.29, 1.82) is 0 Å². The summed E-state index contributed by atoms with van der Waals surface area (Å²) >= 11 is 0.746. The van der Waals surface area contributed by atoms with Crippen LogP contribution < -0.4 is 4.74 Å². The number of fused-ring (bicyclic) bond motifs is 1. The normalized spacial score (nSPS) is 14.8. The number of ether oxygens (including phenoxy) is 2. The number of thioether (sulfide) groups is 1. The molecule has 6 nitrogen and oxygen atoms in total. The summed E-state index contributed by atoms with van der Waals surface area (Å²) in [6.45, 7) is 1.36. The van der Waals surface area contributed by atoms with Crippen LogP contribution in [0.4, 0.5) is 9.18 Å². The van der Waals surface area contributed by atoms with E-state index in [-0.39, 0.29) is 23.9 Å². The number of halogens is 1. The van der Waals surface area contributed by atoms with Gasteiger partial charge in [0.25, 0.3) is 11.1 Å². The Morgan fingerprint density at radius 3 is 2.61 bits per heavy atom. The lowest BCUT2D eigenvalue weighted by Gasteiger charge is -2.13. The summed E-state index contributed by atoms with van der Waals surface area (Å²) in [4.78, 5) is 38.0. The average molecular weight is 466 g/mol. The maximum atomic E-state index is 14.0. The van der Waals surface area contributed by atoms with Crippen molar-refractivity contribution in [3.8, 4) is 5.75 Å². The number of carbonyl (C=O) groups is 3. The summed E-state index contributed by atoms with van der Waals surface area (Å²) in [5.41, 5.74) is 0.984. The molecule has 8 heteroatoms. The molecule has 0 spiro atoms. The summed E-state index contributed by atoms with van der Waals surface area (Å²) in [6.07, 6.45) is 1.58. The van der Waals surface area contributed by atoms with Gasteiger partial charge in [0.1, 0.15) is 24.7 Å². The lowest BCUT2D eigenvalue weighted by Crippen LogP contribution is -2.34. The van der Waals surface area contributed by atoms with Crippen molar-refractivity contribution in [3.63, 3.8) is 0 Å². The molecule has 1 fully saturated rings. The van der Waals surface area contributed by atoms with Crippen molar-refractivity contribution >= 4 is 45.7 Å². The Morgan fingerprint density at radius 1 is 1.06 bits per heavy atom. The van der Waals surface area contributed by atoms with Gasteiger partial charge in [0.2, 0.25) is 0 Å². The van der Waals surface area contributed by atoms with Crippen LogP contribution in [0.1, 0.15) is 18.1 Å². The van der Waals surface area contributed by atoms with Gasteiger partial charge in [0.15, 0.2) is 0 Å². The van der Waals surface area contributed by atoms with Crippen LogP contribution >= 0.6 is 11.8 Å². The molecule has 3 aromatic rings. The van der Waals surface area contributed by atoms with E-state index >= 15 is 0 Å². The van der Waals surface area contributed by atoms with Gasteiger partial charge in [0.05, 0.1) is 11.5 Å². The van der Waals surface area contributed by atoms with E-state index < -0.39 is 23.7 Å². The predicted molar refractivity (Wildman–Crippen MR) is 124 cm³/mol. The van der Waals surface area contributed by atoms with Crippen molar-refractivity contribution in [3.05, 3.63) is 82.5 Å². The Kier molecular flexibility index (Phi) is 6.74. The smallest absolute Gasteiger partial charge is 0.326 e. The Hall–Kier alpha value is -3.65. The minimum atomic E-state index is -0.653. The molecule has 3 aromatic carbocycles. The van der Waals surface area contributed by atoms with Crippen LogP contribution in [0.5, 0.6) is 5.75 Å². The molecule has 0 atom stereocenters. The molecular weight excluding hydrogens is 445 g/mol. The van der Waals surface area contributed by atoms with E-state index in [1.807, 2.05) is 30.3 Å². The van der Waals surface area contributed by atoms with Gasteiger partial charge in [-0.25, -0.2) is 4.39 Å². The molecule has 168 valence electrons. The number of esters is 1. The molecule has 1 saturated heterocycles. The van der Waals surface area contributed by atoms with Crippen LogP contribution in [0.25, 0.3) is 16.8 Å². The highest BCUT2D eigenvalue weighted by Gasteiger charge is 2.37. The average Bonchev–Trinajstić information content (AvgIpc) is 3.07. The van der Waals surface area contributed by atoms with Gasteiger partial charge in [-0.1, -0.05) is 48.5 Å². The Bertz CT molecular complexity index is 1270. The zero-order valence-corrected chi connectivity index (χ0v) is 18.6. The van der Waals surface area contributed by atoms with Gasteiger partial charge in [-0.3, -0.25) is 19.3 Å². The summed E-state index contributed by atoms with van der Waals surface area (Å²) < 4.78 is 24.8. The van der Waals surface area contributed by atoms with E-state index in [9.17, 15) is 18.8 Å². The highest BCUT2D eigenvalue weighted by molar-refractivity contribution is 8.18. The summed E-state index contributed by atoms with van der Waals surface area (Å²) in [6, 6.07) is 17.5. The zero-order chi connectivity index (χ0) is 23.4. The van der Waals surface area contributed by atoms with Gasteiger partial charge in [-0.05, 0) is 47.7 Å². The molecule has 0 saturated carbocycles. The van der Waals surface area contributed by atoms with Gasteiger partial charge >= 0.3 is 5.97 Å². The second-order valence-electron chi connectivity index (χ2n) is 7.15. The maximum Gasteiger partial charge on any atom is 0.326 e. The first-order chi connectivity index (χ1) is 16.0. The molecule has 0 aliphatic carbocycles. The van der Waals surface area contributed by atoms with Crippen LogP contribution in [0.3, 0.4) is 0 Å². The number of imide groups is 1. The number of rotatable bonds is 7. The summed E-state index contributed by atoms with van der Waals surface area (Å²) in [7, 11) is 0. The molecule has 33 heavy (non-hydrogen) atoms. The van der Waals surface area contributed by atoms with E-state index in [0.717, 1.165) is 27.4 Å². The quantitative estimate of drug-likeness (QED) is 0.355. The molecule has 2 amide bonds. The van der Waals surface area contributed by atoms with Crippen LogP contribution in [0.2, 0.25) is 0 Å². The number of carbonyl (C=O) groups excluding carboxylic acids is 3. The minimum Gasteiger partial charge on any atom is -0.488 e. The molecule has 0 aromatic heterocycles. The molecule has 0 N–H and O–H groups in total. The third-order valence-electron chi connectivity index (χ3n) is 5.01. The number of hydrogen-bond donors (Lipinski definition) is 0. The highest BCUT2D eigenvalue weighted by atomic mass is 32.2. The van der Waals surface area contributed by atoms with Crippen molar-refractivity contribution in [1.82, 2.24) is 4.90 Å². The van der Waals surface area contributed by atoms with Crippen LogP contribution in [0, 0.1) is 5.82 Å². The lowest BCUT2D eigenvalue weighted by molar-refractivity contribution is -0.145. The molecule has 1 aliphatic rings. The second-order valence-corrected chi connectivity index (χ2v) is 8.14. The van der Waals surface area contributed by atoms with Gasteiger partial charge in [-0.2, -0.15) is 0 Å². The number of nitrogens with zero attached hydrogens (tertiary/aromatic N) is 1. The monoisotopic (exact) mass is 465 g/mol. The lowest BCUT2D eigenvalue weighted by atomic mass is 10.0. The number of hydrogen-bond acceptors (Lipinski definition) is 6. The first kappa shape index (κ1) is 22.5. The highest BCUT2D eigenvalue weighted by Crippen LogP contribution is 2.37. The summed E-state index contributed by atoms with van der Waals surface area (Å²) in [5, 5.41) is 1.17. The second kappa shape index (κ2) is 9.87. The maximum absolute atomic E-state index is 14.0. The number of amides is 2. The predicted octanol–water partition coefficient (Wildman–Crippen LogP) is 5.16. The fraction of sp³-hybridized carbons (Fsp3) is 0.160. The van der Waals surface area contributed by atoms with E-state index in [1.165, 1.54) is 6.07 Å². The van der Waals surface area contributed by atoms with E-state index in [2.05, 4.69) is 0 Å².